The highest BCUT2D eigenvalue weighted by Gasteiger charge is 2.34. The predicted molar refractivity (Wildman–Crippen MR) is 72.5 cm³/mol. The zero-order valence-corrected chi connectivity index (χ0v) is 11.4. The standard InChI is InChI=1S/C13H15N3O2S/c1-10-6-7-11-4-2-3-5-12(11)16(10)19(17,18)13-8-9-14-15-13/h2-5,8-10H,6-7H2,1H3,(H,14,15). The minimum absolute atomic E-state index is 0.0526. The van der Waals surface area contributed by atoms with Crippen LogP contribution >= 0.6 is 0 Å². The van der Waals surface area contributed by atoms with Gasteiger partial charge in [0.2, 0.25) is 0 Å². The Balaban J connectivity index is 2.15. The van der Waals surface area contributed by atoms with E-state index in [2.05, 4.69) is 10.2 Å². The van der Waals surface area contributed by atoms with Crippen molar-refractivity contribution >= 4 is 15.7 Å². The van der Waals surface area contributed by atoms with Crippen LogP contribution in [-0.4, -0.2) is 24.7 Å². The van der Waals surface area contributed by atoms with Gasteiger partial charge in [-0.15, -0.1) is 0 Å². The number of aromatic amines is 1. The summed E-state index contributed by atoms with van der Waals surface area (Å²) in [5.41, 5.74) is 1.85. The number of para-hydroxylation sites is 1. The van der Waals surface area contributed by atoms with Crippen molar-refractivity contribution in [3.05, 3.63) is 42.1 Å². The lowest BCUT2D eigenvalue weighted by Crippen LogP contribution is -2.42. The van der Waals surface area contributed by atoms with Crippen molar-refractivity contribution in [1.82, 2.24) is 10.2 Å². The van der Waals surface area contributed by atoms with Crippen molar-refractivity contribution in [3.63, 3.8) is 0 Å². The first-order valence-corrected chi connectivity index (χ1v) is 7.66. The molecule has 5 nitrogen and oxygen atoms in total. The number of hydrogen-bond acceptors (Lipinski definition) is 3. The number of nitrogens with zero attached hydrogens (tertiary/aromatic N) is 2. The second kappa shape index (κ2) is 4.38. The van der Waals surface area contributed by atoms with Crippen molar-refractivity contribution < 1.29 is 8.42 Å². The van der Waals surface area contributed by atoms with Crippen LogP contribution in [0, 0.1) is 0 Å². The molecule has 0 saturated carbocycles. The quantitative estimate of drug-likeness (QED) is 0.912. The molecule has 0 fully saturated rings. The van der Waals surface area contributed by atoms with Crippen LogP contribution in [0.5, 0.6) is 0 Å². The molecule has 3 rings (SSSR count). The summed E-state index contributed by atoms with van der Waals surface area (Å²) in [5.74, 6) is 0. The average Bonchev–Trinajstić information content (AvgIpc) is 2.92. The van der Waals surface area contributed by atoms with Crippen molar-refractivity contribution in [2.24, 2.45) is 0 Å². The van der Waals surface area contributed by atoms with Crippen LogP contribution in [0.2, 0.25) is 0 Å². The van der Waals surface area contributed by atoms with Gasteiger partial charge in [0.25, 0.3) is 10.0 Å². The summed E-state index contributed by atoms with van der Waals surface area (Å²) < 4.78 is 26.9. The lowest BCUT2D eigenvalue weighted by atomic mass is 9.99. The largest absolute Gasteiger partial charge is 0.281 e. The normalized spacial score (nSPS) is 19.2. The van der Waals surface area contributed by atoms with Crippen LogP contribution in [0.25, 0.3) is 0 Å². The molecule has 1 aliphatic heterocycles. The molecule has 0 radical (unpaired) electrons. The minimum Gasteiger partial charge on any atom is -0.266 e. The topological polar surface area (TPSA) is 66.1 Å². The Hall–Kier alpha value is -1.82. The molecule has 1 aromatic carbocycles. The molecule has 0 spiro atoms. The highest BCUT2D eigenvalue weighted by molar-refractivity contribution is 7.92. The molecule has 2 heterocycles. The third-order valence-corrected chi connectivity index (χ3v) is 5.33. The molecule has 1 N–H and O–H groups in total. The fourth-order valence-corrected chi connectivity index (χ4v) is 4.14. The highest BCUT2D eigenvalue weighted by atomic mass is 32.2. The number of sulfonamides is 1. The number of benzene rings is 1. The van der Waals surface area contributed by atoms with E-state index in [-0.39, 0.29) is 11.1 Å². The first kappa shape index (κ1) is 12.2. The number of anilines is 1. The van der Waals surface area contributed by atoms with Gasteiger partial charge < -0.3 is 0 Å². The third-order valence-electron chi connectivity index (χ3n) is 3.47. The van der Waals surface area contributed by atoms with Gasteiger partial charge in [-0.3, -0.25) is 9.40 Å². The van der Waals surface area contributed by atoms with E-state index in [1.807, 2.05) is 31.2 Å². The lowest BCUT2D eigenvalue weighted by molar-refractivity contribution is 0.559. The fourth-order valence-electron chi connectivity index (χ4n) is 2.52. The SMILES string of the molecule is CC1CCc2ccccc2N1S(=O)(=O)c1ccn[nH]1. The lowest BCUT2D eigenvalue weighted by Gasteiger charge is -2.35. The van der Waals surface area contributed by atoms with Gasteiger partial charge in [0.1, 0.15) is 0 Å². The van der Waals surface area contributed by atoms with Crippen molar-refractivity contribution in [1.29, 1.82) is 0 Å². The van der Waals surface area contributed by atoms with E-state index in [0.29, 0.717) is 0 Å². The zero-order chi connectivity index (χ0) is 13.5. The number of fused-ring (bicyclic) bond motifs is 1. The molecule has 1 aromatic heterocycles. The van der Waals surface area contributed by atoms with Crippen LogP contribution in [0.3, 0.4) is 0 Å². The number of rotatable bonds is 2. The molecule has 6 heteroatoms. The summed E-state index contributed by atoms with van der Waals surface area (Å²) in [6.45, 7) is 1.93. The fraction of sp³-hybridized carbons (Fsp3) is 0.308. The number of hydrogen-bond donors (Lipinski definition) is 1. The molecule has 1 atom stereocenters. The maximum atomic E-state index is 12.7. The minimum atomic E-state index is -3.57. The van der Waals surface area contributed by atoms with E-state index in [1.165, 1.54) is 16.6 Å². The predicted octanol–water partition coefficient (Wildman–Crippen LogP) is 1.94. The maximum Gasteiger partial charge on any atom is 0.281 e. The summed E-state index contributed by atoms with van der Waals surface area (Å²) in [6, 6.07) is 9.08. The Labute approximate surface area is 112 Å². The van der Waals surface area contributed by atoms with E-state index in [0.717, 1.165) is 24.1 Å². The van der Waals surface area contributed by atoms with Crippen LogP contribution in [0.15, 0.2) is 41.6 Å². The summed E-state index contributed by atoms with van der Waals surface area (Å²) >= 11 is 0. The van der Waals surface area contributed by atoms with E-state index < -0.39 is 10.0 Å². The van der Waals surface area contributed by atoms with Gasteiger partial charge in [0, 0.05) is 6.04 Å². The molecule has 2 aromatic rings. The zero-order valence-electron chi connectivity index (χ0n) is 10.6. The van der Waals surface area contributed by atoms with Gasteiger partial charge in [-0.2, -0.15) is 13.5 Å². The van der Waals surface area contributed by atoms with Gasteiger partial charge in [-0.25, -0.2) is 0 Å². The summed E-state index contributed by atoms with van der Waals surface area (Å²) in [7, 11) is -3.57. The molecule has 19 heavy (non-hydrogen) atoms. The molecule has 0 bridgehead atoms. The average molecular weight is 277 g/mol. The summed E-state index contributed by atoms with van der Waals surface area (Å²) in [6.07, 6.45) is 3.18. The summed E-state index contributed by atoms with van der Waals surface area (Å²) in [5, 5.41) is 6.42. The van der Waals surface area contributed by atoms with Crippen LogP contribution in [0.1, 0.15) is 18.9 Å². The number of aryl methyl sites for hydroxylation is 1. The third kappa shape index (κ3) is 1.92. The molecule has 0 saturated heterocycles. The van der Waals surface area contributed by atoms with Gasteiger partial charge in [0.15, 0.2) is 5.03 Å². The Morgan fingerprint density at radius 2 is 2.11 bits per heavy atom. The maximum absolute atomic E-state index is 12.7. The monoisotopic (exact) mass is 277 g/mol. The van der Waals surface area contributed by atoms with Crippen molar-refractivity contribution in [3.8, 4) is 0 Å². The smallest absolute Gasteiger partial charge is 0.266 e. The first-order chi connectivity index (χ1) is 9.10. The van der Waals surface area contributed by atoms with Crippen LogP contribution in [-0.2, 0) is 16.4 Å². The molecule has 1 unspecified atom stereocenters. The molecule has 1 aliphatic rings. The van der Waals surface area contributed by atoms with Gasteiger partial charge in [-0.1, -0.05) is 18.2 Å². The number of aromatic nitrogens is 2. The highest BCUT2D eigenvalue weighted by Crippen LogP contribution is 2.34. The van der Waals surface area contributed by atoms with Gasteiger partial charge >= 0.3 is 0 Å². The Morgan fingerprint density at radius 3 is 2.84 bits per heavy atom. The van der Waals surface area contributed by atoms with Crippen LogP contribution in [0.4, 0.5) is 5.69 Å². The van der Waals surface area contributed by atoms with Crippen molar-refractivity contribution in [2.45, 2.75) is 30.8 Å². The molecule has 100 valence electrons. The van der Waals surface area contributed by atoms with Crippen molar-refractivity contribution in [2.75, 3.05) is 4.31 Å². The number of H-pyrrole nitrogens is 1. The van der Waals surface area contributed by atoms with Gasteiger partial charge in [-0.05, 0) is 37.5 Å². The summed E-state index contributed by atoms with van der Waals surface area (Å²) in [4.78, 5) is 0. The van der Waals surface area contributed by atoms with Gasteiger partial charge in [0.05, 0.1) is 11.9 Å². The molecular formula is C13H15N3O2S. The van der Waals surface area contributed by atoms with E-state index in [1.54, 1.807) is 0 Å². The first-order valence-electron chi connectivity index (χ1n) is 6.22. The van der Waals surface area contributed by atoms with E-state index >= 15 is 0 Å². The second-order valence-corrected chi connectivity index (χ2v) is 6.52. The molecular weight excluding hydrogens is 262 g/mol. The Bertz CT molecular complexity index is 680. The van der Waals surface area contributed by atoms with E-state index in [4.69, 9.17) is 0 Å². The second-order valence-electron chi connectivity index (χ2n) is 4.74. The molecule has 0 aliphatic carbocycles. The number of nitrogens with one attached hydrogen (secondary N) is 1. The Morgan fingerprint density at radius 1 is 1.32 bits per heavy atom. The Kier molecular flexibility index (Phi) is 2.82. The van der Waals surface area contributed by atoms with Crippen LogP contribution < -0.4 is 4.31 Å². The molecule has 0 amide bonds. The van der Waals surface area contributed by atoms with E-state index in [9.17, 15) is 8.42 Å².